The van der Waals surface area contributed by atoms with E-state index in [9.17, 15) is 10.2 Å². The van der Waals surface area contributed by atoms with Gasteiger partial charge in [0.1, 0.15) is 0 Å². The van der Waals surface area contributed by atoms with Crippen molar-refractivity contribution in [3.05, 3.63) is 0 Å². The Kier molecular flexibility index (Phi) is 17.6. The third kappa shape index (κ3) is 14.7. The molecular formula is C23H50N4O5. The van der Waals surface area contributed by atoms with Gasteiger partial charge >= 0.3 is 0 Å². The average molecular weight is 463 g/mol. The van der Waals surface area contributed by atoms with Crippen LogP contribution < -0.4 is 5.32 Å². The van der Waals surface area contributed by atoms with Crippen LogP contribution in [0.3, 0.4) is 0 Å². The van der Waals surface area contributed by atoms with Crippen molar-refractivity contribution in [3.63, 3.8) is 0 Å². The van der Waals surface area contributed by atoms with E-state index in [1.165, 1.54) is 0 Å². The maximum Gasteiger partial charge on any atom is 0.0900 e. The van der Waals surface area contributed by atoms with Gasteiger partial charge in [0.25, 0.3) is 0 Å². The minimum atomic E-state index is -0.483. The summed E-state index contributed by atoms with van der Waals surface area (Å²) in [7, 11) is 5.01. The van der Waals surface area contributed by atoms with Crippen LogP contribution in [0.25, 0.3) is 0 Å². The number of nitrogens with one attached hydrogen (secondary N) is 1. The van der Waals surface area contributed by atoms with Crippen LogP contribution in [0.1, 0.15) is 19.8 Å². The summed E-state index contributed by atoms with van der Waals surface area (Å²) in [5, 5.41) is 24.1. The minimum Gasteiger partial charge on any atom is -0.389 e. The van der Waals surface area contributed by atoms with Crippen LogP contribution in [-0.2, 0) is 14.2 Å². The van der Waals surface area contributed by atoms with Crippen molar-refractivity contribution in [2.24, 2.45) is 5.92 Å². The van der Waals surface area contributed by atoms with E-state index < -0.39 is 12.2 Å². The molecule has 0 spiro atoms. The molecule has 0 radical (unpaired) electrons. The summed E-state index contributed by atoms with van der Waals surface area (Å²) in [6.07, 6.45) is 1.13. The van der Waals surface area contributed by atoms with E-state index in [-0.39, 0.29) is 0 Å². The molecule has 0 saturated carbocycles. The number of nitrogens with zero attached hydrogens (tertiary/aromatic N) is 3. The molecule has 9 heteroatoms. The maximum atomic E-state index is 10.3. The molecule has 1 rings (SSSR count). The van der Waals surface area contributed by atoms with Gasteiger partial charge in [-0.15, -0.1) is 0 Å². The van der Waals surface area contributed by atoms with Crippen LogP contribution in [0.2, 0.25) is 0 Å². The lowest BCUT2D eigenvalue weighted by molar-refractivity contribution is 0.0287. The summed E-state index contributed by atoms with van der Waals surface area (Å²) in [6, 6.07) is 0. The smallest absolute Gasteiger partial charge is 0.0900 e. The van der Waals surface area contributed by atoms with Gasteiger partial charge in [-0.05, 0) is 44.9 Å². The molecular weight excluding hydrogens is 412 g/mol. The zero-order valence-electron chi connectivity index (χ0n) is 21.0. The summed E-state index contributed by atoms with van der Waals surface area (Å²) in [5.74, 6) is 0.492. The number of aliphatic hydroxyl groups is 2. The number of methoxy groups -OCH3 is 3. The lowest BCUT2D eigenvalue weighted by Crippen LogP contribution is -2.44. The third-order valence-electron chi connectivity index (χ3n) is 5.79. The summed E-state index contributed by atoms with van der Waals surface area (Å²) in [6.45, 7) is 13.5. The van der Waals surface area contributed by atoms with E-state index in [2.05, 4.69) is 26.9 Å². The Balaban J connectivity index is 2.72. The highest BCUT2D eigenvalue weighted by Gasteiger charge is 2.17. The van der Waals surface area contributed by atoms with Gasteiger partial charge in [0, 0.05) is 73.7 Å². The SMILES string of the molecule is COCC(C)CN1CCCNCCN(CC(O)COC)CCCN(CC(O)COC)CC1. The van der Waals surface area contributed by atoms with E-state index in [4.69, 9.17) is 14.2 Å². The zero-order valence-corrected chi connectivity index (χ0v) is 21.0. The van der Waals surface area contributed by atoms with Crippen molar-refractivity contribution in [1.82, 2.24) is 20.0 Å². The molecule has 0 aliphatic carbocycles. The summed E-state index contributed by atoms with van der Waals surface area (Å²) in [5.41, 5.74) is 0. The van der Waals surface area contributed by atoms with Gasteiger partial charge in [-0.1, -0.05) is 6.92 Å². The fraction of sp³-hybridized carbons (Fsp3) is 1.00. The molecule has 0 amide bonds. The second-order valence-electron chi connectivity index (χ2n) is 9.14. The topological polar surface area (TPSA) is 89.9 Å². The van der Waals surface area contributed by atoms with Crippen molar-refractivity contribution in [2.75, 3.05) is 113 Å². The number of ether oxygens (including phenoxy) is 3. The van der Waals surface area contributed by atoms with Crippen LogP contribution >= 0.6 is 0 Å². The molecule has 3 N–H and O–H groups in total. The highest BCUT2D eigenvalue weighted by molar-refractivity contribution is 4.73. The first-order valence-corrected chi connectivity index (χ1v) is 12.2. The second kappa shape index (κ2) is 19.0. The Morgan fingerprint density at radius 2 is 1.16 bits per heavy atom. The highest BCUT2D eigenvalue weighted by atomic mass is 16.5. The molecule has 1 fully saturated rings. The Morgan fingerprint density at radius 3 is 1.72 bits per heavy atom. The van der Waals surface area contributed by atoms with Crippen LogP contribution in [0, 0.1) is 5.92 Å². The van der Waals surface area contributed by atoms with Gasteiger partial charge in [0.15, 0.2) is 0 Å². The monoisotopic (exact) mass is 462 g/mol. The van der Waals surface area contributed by atoms with E-state index in [1.54, 1.807) is 21.3 Å². The molecule has 32 heavy (non-hydrogen) atoms. The Morgan fingerprint density at radius 1 is 0.656 bits per heavy atom. The van der Waals surface area contributed by atoms with Gasteiger partial charge in [0.05, 0.1) is 25.4 Å². The van der Waals surface area contributed by atoms with Gasteiger partial charge in [-0.25, -0.2) is 0 Å². The number of β-amino-alcohol motifs (C(OH)–C–C–N with tert-alkyl or cyclic N) is 2. The van der Waals surface area contributed by atoms with E-state index in [0.717, 1.165) is 78.4 Å². The van der Waals surface area contributed by atoms with E-state index in [1.807, 2.05) is 0 Å². The van der Waals surface area contributed by atoms with Crippen LogP contribution in [-0.4, -0.2) is 150 Å². The van der Waals surface area contributed by atoms with Crippen LogP contribution in [0.15, 0.2) is 0 Å². The molecule has 9 nitrogen and oxygen atoms in total. The lowest BCUT2D eigenvalue weighted by Gasteiger charge is -2.32. The Hall–Kier alpha value is -0.360. The van der Waals surface area contributed by atoms with Gasteiger partial charge in [-0.3, -0.25) is 9.80 Å². The predicted molar refractivity (Wildman–Crippen MR) is 128 cm³/mol. The van der Waals surface area contributed by atoms with Crippen molar-refractivity contribution in [3.8, 4) is 0 Å². The first-order chi connectivity index (χ1) is 15.5. The number of aliphatic hydroxyl groups excluding tert-OH is 2. The fourth-order valence-corrected chi connectivity index (χ4v) is 4.34. The van der Waals surface area contributed by atoms with Gasteiger partial charge < -0.3 is 34.6 Å². The molecule has 1 aliphatic heterocycles. The van der Waals surface area contributed by atoms with Crippen LogP contribution in [0.4, 0.5) is 0 Å². The molecule has 1 heterocycles. The molecule has 192 valence electrons. The molecule has 1 saturated heterocycles. The molecule has 3 unspecified atom stereocenters. The molecule has 0 aromatic carbocycles. The standard InChI is InChI=1S/C23H50N4O5/c1-21(18-30-2)15-26-9-5-7-24-8-12-25(16-22(28)19-31-3)10-6-11-27(14-13-26)17-23(29)20-32-4/h21-24,28-29H,5-20H2,1-4H3. The van der Waals surface area contributed by atoms with E-state index >= 15 is 0 Å². The first kappa shape index (κ1) is 29.7. The quantitative estimate of drug-likeness (QED) is 0.358. The van der Waals surface area contributed by atoms with Gasteiger partial charge in [0.2, 0.25) is 0 Å². The van der Waals surface area contributed by atoms with Crippen LogP contribution in [0.5, 0.6) is 0 Å². The molecule has 0 aromatic rings. The largest absolute Gasteiger partial charge is 0.389 e. The average Bonchev–Trinajstić information content (AvgIpc) is 2.73. The van der Waals surface area contributed by atoms with Crippen molar-refractivity contribution < 1.29 is 24.4 Å². The molecule has 1 aliphatic rings. The summed E-state index contributed by atoms with van der Waals surface area (Å²) < 4.78 is 15.6. The second-order valence-corrected chi connectivity index (χ2v) is 9.14. The maximum absolute atomic E-state index is 10.3. The minimum absolute atomic E-state index is 0.353. The fourth-order valence-electron chi connectivity index (χ4n) is 4.34. The van der Waals surface area contributed by atoms with E-state index in [0.29, 0.717) is 32.2 Å². The van der Waals surface area contributed by atoms with Crippen molar-refractivity contribution in [2.45, 2.75) is 32.0 Å². The normalized spacial score (nSPS) is 22.3. The number of rotatable bonds is 12. The van der Waals surface area contributed by atoms with Crippen molar-refractivity contribution in [1.29, 1.82) is 0 Å². The summed E-state index contributed by atoms with van der Waals surface area (Å²) in [4.78, 5) is 7.19. The lowest BCUT2D eigenvalue weighted by atomic mass is 10.1. The predicted octanol–water partition coefficient (Wildman–Crippen LogP) is -0.427. The first-order valence-electron chi connectivity index (χ1n) is 12.2. The van der Waals surface area contributed by atoms with Crippen molar-refractivity contribution >= 4 is 0 Å². The Labute approximate surface area is 196 Å². The molecule has 0 bridgehead atoms. The highest BCUT2D eigenvalue weighted by Crippen LogP contribution is 2.05. The number of hydrogen-bond donors (Lipinski definition) is 3. The molecule has 0 aromatic heterocycles. The third-order valence-corrected chi connectivity index (χ3v) is 5.79. The Bertz CT molecular complexity index is 435. The molecule has 3 atom stereocenters. The zero-order chi connectivity index (χ0) is 23.6. The number of hydrogen-bond acceptors (Lipinski definition) is 9. The van der Waals surface area contributed by atoms with Gasteiger partial charge in [-0.2, -0.15) is 0 Å². The summed E-state index contributed by atoms with van der Waals surface area (Å²) >= 11 is 0.